The molecule has 6 heteroatoms. The molecule has 0 aliphatic heterocycles. The second kappa shape index (κ2) is 6.00. The van der Waals surface area contributed by atoms with E-state index < -0.39 is 0 Å². The van der Waals surface area contributed by atoms with Gasteiger partial charge in [-0.2, -0.15) is 0 Å². The number of carbonyl (C=O) groups excluding carboxylic acids is 1. The summed E-state index contributed by atoms with van der Waals surface area (Å²) in [5.74, 6) is 1.73. The van der Waals surface area contributed by atoms with Crippen LogP contribution in [0.25, 0.3) is 5.82 Å². The van der Waals surface area contributed by atoms with Crippen molar-refractivity contribution in [3.05, 3.63) is 65.5 Å². The first kappa shape index (κ1) is 14.9. The van der Waals surface area contributed by atoms with E-state index in [9.17, 15) is 4.79 Å². The SMILES string of the molecule is Cc1cc(C)cc(C(=O)Nc2cc(-n3ccnc3C)ncn2)c1. The van der Waals surface area contributed by atoms with Crippen LogP contribution in [-0.2, 0) is 0 Å². The summed E-state index contributed by atoms with van der Waals surface area (Å²) in [5.41, 5.74) is 2.71. The average Bonchev–Trinajstić information content (AvgIpc) is 2.92. The van der Waals surface area contributed by atoms with Crippen LogP contribution >= 0.6 is 0 Å². The second-order valence-corrected chi connectivity index (χ2v) is 5.44. The van der Waals surface area contributed by atoms with Gasteiger partial charge in [0.2, 0.25) is 0 Å². The van der Waals surface area contributed by atoms with E-state index in [-0.39, 0.29) is 5.91 Å². The fraction of sp³-hybridized carbons (Fsp3) is 0.176. The number of anilines is 1. The molecule has 2 heterocycles. The van der Waals surface area contributed by atoms with Gasteiger partial charge in [-0.05, 0) is 32.9 Å². The molecule has 1 N–H and O–H groups in total. The molecule has 1 aromatic carbocycles. The van der Waals surface area contributed by atoms with Gasteiger partial charge in [0.25, 0.3) is 5.91 Å². The van der Waals surface area contributed by atoms with Gasteiger partial charge in [0.15, 0.2) is 0 Å². The molecule has 0 aliphatic carbocycles. The molecule has 0 atom stereocenters. The van der Waals surface area contributed by atoms with Gasteiger partial charge < -0.3 is 5.32 Å². The van der Waals surface area contributed by atoms with Crippen molar-refractivity contribution in [2.24, 2.45) is 0 Å². The number of imidazole rings is 1. The fourth-order valence-corrected chi connectivity index (χ4v) is 2.46. The van der Waals surface area contributed by atoms with Crippen molar-refractivity contribution in [3.63, 3.8) is 0 Å². The third-order valence-corrected chi connectivity index (χ3v) is 3.45. The van der Waals surface area contributed by atoms with Crippen LogP contribution in [0.15, 0.2) is 43.0 Å². The van der Waals surface area contributed by atoms with E-state index in [0.29, 0.717) is 17.2 Å². The minimum Gasteiger partial charge on any atom is -0.306 e. The highest BCUT2D eigenvalue weighted by atomic mass is 16.1. The van der Waals surface area contributed by atoms with Crippen LogP contribution in [-0.4, -0.2) is 25.4 Å². The molecule has 0 fully saturated rings. The van der Waals surface area contributed by atoms with Crippen molar-refractivity contribution in [3.8, 4) is 5.82 Å². The first-order valence-electron chi connectivity index (χ1n) is 7.25. The van der Waals surface area contributed by atoms with Crippen molar-refractivity contribution < 1.29 is 4.79 Å². The number of aryl methyl sites for hydroxylation is 3. The monoisotopic (exact) mass is 307 g/mol. The van der Waals surface area contributed by atoms with Crippen LogP contribution in [0.3, 0.4) is 0 Å². The van der Waals surface area contributed by atoms with Crippen molar-refractivity contribution in [2.75, 3.05) is 5.32 Å². The van der Waals surface area contributed by atoms with Crippen LogP contribution in [0.4, 0.5) is 5.82 Å². The lowest BCUT2D eigenvalue weighted by Gasteiger charge is -2.08. The zero-order valence-electron chi connectivity index (χ0n) is 13.2. The van der Waals surface area contributed by atoms with E-state index in [1.165, 1.54) is 6.33 Å². The number of rotatable bonds is 3. The minimum absolute atomic E-state index is 0.191. The van der Waals surface area contributed by atoms with Gasteiger partial charge in [-0.15, -0.1) is 0 Å². The Bertz CT molecular complexity index is 849. The summed E-state index contributed by atoms with van der Waals surface area (Å²) in [6, 6.07) is 7.45. The van der Waals surface area contributed by atoms with E-state index >= 15 is 0 Å². The standard InChI is InChI=1S/C17H17N5O/c1-11-6-12(2)8-14(7-11)17(23)21-15-9-16(20-10-19-15)22-5-4-18-13(22)3/h4-10H,1-3H3,(H,19,20,21,23). The van der Waals surface area contributed by atoms with Gasteiger partial charge in [-0.25, -0.2) is 15.0 Å². The first-order valence-corrected chi connectivity index (χ1v) is 7.25. The molecular formula is C17H17N5O. The normalized spacial score (nSPS) is 10.6. The first-order chi connectivity index (χ1) is 11.0. The Morgan fingerprint density at radius 1 is 1.00 bits per heavy atom. The molecule has 0 saturated heterocycles. The summed E-state index contributed by atoms with van der Waals surface area (Å²) in [4.78, 5) is 24.9. The molecule has 0 radical (unpaired) electrons. The van der Waals surface area contributed by atoms with E-state index in [0.717, 1.165) is 17.0 Å². The Kier molecular flexibility index (Phi) is 3.89. The second-order valence-electron chi connectivity index (χ2n) is 5.44. The maximum Gasteiger partial charge on any atom is 0.256 e. The molecule has 3 aromatic rings. The third kappa shape index (κ3) is 3.26. The molecule has 1 amide bonds. The van der Waals surface area contributed by atoms with E-state index in [1.807, 2.05) is 49.7 Å². The largest absolute Gasteiger partial charge is 0.306 e. The maximum atomic E-state index is 12.4. The molecular weight excluding hydrogens is 290 g/mol. The van der Waals surface area contributed by atoms with Crippen molar-refractivity contribution in [1.82, 2.24) is 19.5 Å². The molecule has 0 unspecified atom stereocenters. The van der Waals surface area contributed by atoms with Crippen LogP contribution in [0.2, 0.25) is 0 Å². The lowest BCUT2D eigenvalue weighted by atomic mass is 10.1. The van der Waals surface area contributed by atoms with Gasteiger partial charge in [-0.3, -0.25) is 9.36 Å². The molecule has 6 nitrogen and oxygen atoms in total. The highest BCUT2D eigenvalue weighted by Crippen LogP contribution is 2.14. The van der Waals surface area contributed by atoms with Gasteiger partial charge >= 0.3 is 0 Å². The molecule has 0 saturated carbocycles. The van der Waals surface area contributed by atoms with E-state index in [4.69, 9.17) is 0 Å². The summed E-state index contributed by atoms with van der Waals surface area (Å²) in [6.45, 7) is 5.82. The Labute approximate surface area is 134 Å². The molecule has 2 aromatic heterocycles. The molecule has 0 spiro atoms. The predicted octanol–water partition coefficient (Wildman–Crippen LogP) is 2.84. The van der Waals surface area contributed by atoms with Crippen LogP contribution < -0.4 is 5.32 Å². The highest BCUT2D eigenvalue weighted by Gasteiger charge is 2.10. The number of nitrogens with zero attached hydrogens (tertiary/aromatic N) is 4. The highest BCUT2D eigenvalue weighted by molar-refractivity contribution is 6.04. The van der Waals surface area contributed by atoms with E-state index in [1.54, 1.807) is 12.3 Å². The zero-order valence-corrected chi connectivity index (χ0v) is 13.2. The molecule has 116 valence electrons. The smallest absolute Gasteiger partial charge is 0.256 e. The Balaban J connectivity index is 1.86. The van der Waals surface area contributed by atoms with Crippen LogP contribution in [0.5, 0.6) is 0 Å². The topological polar surface area (TPSA) is 72.7 Å². The van der Waals surface area contributed by atoms with Crippen LogP contribution in [0, 0.1) is 20.8 Å². The number of carbonyl (C=O) groups is 1. The number of amides is 1. The Hall–Kier alpha value is -3.02. The van der Waals surface area contributed by atoms with Gasteiger partial charge in [0.1, 0.15) is 23.8 Å². The number of nitrogens with one attached hydrogen (secondary N) is 1. The Morgan fingerprint density at radius 2 is 1.74 bits per heavy atom. The summed E-state index contributed by atoms with van der Waals surface area (Å²) in [7, 11) is 0. The molecule has 23 heavy (non-hydrogen) atoms. The number of aromatic nitrogens is 4. The van der Waals surface area contributed by atoms with Gasteiger partial charge in [0.05, 0.1) is 0 Å². The molecule has 3 rings (SSSR count). The van der Waals surface area contributed by atoms with Gasteiger partial charge in [-0.1, -0.05) is 17.2 Å². The Morgan fingerprint density at radius 3 is 2.39 bits per heavy atom. The fourth-order valence-electron chi connectivity index (χ4n) is 2.46. The number of benzene rings is 1. The number of hydrogen-bond donors (Lipinski definition) is 1. The number of hydrogen-bond acceptors (Lipinski definition) is 4. The van der Waals surface area contributed by atoms with Crippen molar-refractivity contribution >= 4 is 11.7 Å². The third-order valence-electron chi connectivity index (χ3n) is 3.45. The van der Waals surface area contributed by atoms with Crippen molar-refractivity contribution in [2.45, 2.75) is 20.8 Å². The zero-order chi connectivity index (χ0) is 16.4. The average molecular weight is 307 g/mol. The summed E-state index contributed by atoms with van der Waals surface area (Å²) >= 11 is 0. The van der Waals surface area contributed by atoms with Crippen molar-refractivity contribution in [1.29, 1.82) is 0 Å². The quantitative estimate of drug-likeness (QED) is 0.807. The summed E-state index contributed by atoms with van der Waals surface area (Å²) < 4.78 is 1.83. The lowest BCUT2D eigenvalue weighted by molar-refractivity contribution is 0.102. The predicted molar refractivity (Wildman–Crippen MR) is 87.8 cm³/mol. The maximum absolute atomic E-state index is 12.4. The molecule has 0 aliphatic rings. The van der Waals surface area contributed by atoms with E-state index in [2.05, 4.69) is 20.3 Å². The van der Waals surface area contributed by atoms with Crippen LogP contribution in [0.1, 0.15) is 27.3 Å². The summed E-state index contributed by atoms with van der Waals surface area (Å²) in [5, 5.41) is 2.81. The molecule has 0 bridgehead atoms. The lowest BCUT2D eigenvalue weighted by Crippen LogP contribution is -2.14. The minimum atomic E-state index is -0.191. The van der Waals surface area contributed by atoms with Gasteiger partial charge in [0, 0.05) is 24.0 Å². The summed E-state index contributed by atoms with van der Waals surface area (Å²) in [6.07, 6.45) is 4.93.